The van der Waals surface area contributed by atoms with Gasteiger partial charge in [-0.2, -0.15) is 0 Å². The van der Waals surface area contributed by atoms with Crippen molar-refractivity contribution in [1.29, 1.82) is 0 Å². The van der Waals surface area contributed by atoms with Gasteiger partial charge in [0, 0.05) is 19.3 Å². The van der Waals surface area contributed by atoms with Gasteiger partial charge in [0.15, 0.2) is 5.69 Å². The number of hydrogen-bond acceptors (Lipinski definition) is 4. The first kappa shape index (κ1) is 21.5. The van der Waals surface area contributed by atoms with Crippen LogP contribution in [0.3, 0.4) is 0 Å². The van der Waals surface area contributed by atoms with Crippen molar-refractivity contribution in [1.82, 2.24) is 14.5 Å². The Morgan fingerprint density at radius 2 is 1.93 bits per heavy atom. The summed E-state index contributed by atoms with van der Waals surface area (Å²) in [7, 11) is 0. The van der Waals surface area contributed by atoms with Gasteiger partial charge >= 0.3 is 0 Å². The molecule has 3 atom stereocenters. The summed E-state index contributed by atoms with van der Waals surface area (Å²) < 4.78 is 16.0. The molecule has 1 fully saturated rings. The van der Waals surface area contributed by atoms with Gasteiger partial charge in [0.1, 0.15) is 6.17 Å². The summed E-state index contributed by atoms with van der Waals surface area (Å²) in [6.07, 6.45) is 0.890. The minimum atomic E-state index is -1.02. The molecule has 1 aromatic carbocycles. The number of alkyl halides is 1. The Balaban J connectivity index is 0.00000256. The number of aromatic nitrogens is 3. The predicted octanol–water partition coefficient (Wildman–Crippen LogP) is 4.44. The van der Waals surface area contributed by atoms with Gasteiger partial charge in [-0.1, -0.05) is 12.1 Å². The molecule has 1 saturated heterocycles. The second-order valence-corrected chi connectivity index (χ2v) is 7.21. The molecule has 0 saturated carbocycles. The van der Waals surface area contributed by atoms with E-state index in [2.05, 4.69) is 14.7 Å². The van der Waals surface area contributed by atoms with E-state index >= 15 is 0 Å². The van der Waals surface area contributed by atoms with Crippen LogP contribution >= 0.6 is 12.4 Å². The van der Waals surface area contributed by atoms with Crippen LogP contribution in [0.1, 0.15) is 25.1 Å². The summed E-state index contributed by atoms with van der Waals surface area (Å²) in [6, 6.07) is 8.23. The quantitative estimate of drug-likeness (QED) is 0.630. The number of fused-ring (bicyclic) bond motifs is 1. The highest BCUT2D eigenvalue weighted by Gasteiger charge is 2.30. The number of piperidine rings is 1. The zero-order valence-corrected chi connectivity index (χ0v) is 17.2. The number of halogens is 2. The molecule has 0 aliphatic carbocycles. The first-order valence-electron chi connectivity index (χ1n) is 9.39. The van der Waals surface area contributed by atoms with Gasteiger partial charge < -0.3 is 15.2 Å². The van der Waals surface area contributed by atoms with E-state index in [0.717, 1.165) is 11.2 Å². The summed E-state index contributed by atoms with van der Waals surface area (Å²) in [5.74, 6) is 0.688. The first-order chi connectivity index (χ1) is 14.0. The van der Waals surface area contributed by atoms with Gasteiger partial charge in [0.25, 0.3) is 0 Å². The molecular formula is C21H21ClFN7. The lowest BCUT2D eigenvalue weighted by atomic mass is 10.1. The summed E-state index contributed by atoms with van der Waals surface area (Å²) in [4.78, 5) is 18.1. The number of benzene rings is 1. The molecule has 0 amide bonds. The third kappa shape index (κ3) is 3.80. The Hall–Kier alpha value is -3.20. The lowest BCUT2D eigenvalue weighted by molar-refractivity contribution is 0.243. The van der Waals surface area contributed by atoms with E-state index < -0.39 is 12.2 Å². The molecule has 3 heterocycles. The van der Waals surface area contributed by atoms with Crippen molar-refractivity contribution in [2.75, 3.05) is 18.0 Å². The van der Waals surface area contributed by atoms with E-state index in [4.69, 9.17) is 23.9 Å². The third-order valence-corrected chi connectivity index (χ3v) is 5.35. The van der Waals surface area contributed by atoms with Crippen LogP contribution in [-0.4, -0.2) is 39.8 Å². The number of anilines is 1. The van der Waals surface area contributed by atoms with Crippen LogP contribution in [0.2, 0.25) is 0 Å². The van der Waals surface area contributed by atoms with Crippen molar-refractivity contribution in [3.05, 3.63) is 65.1 Å². The lowest BCUT2D eigenvalue weighted by Crippen LogP contribution is -2.50. The molecule has 3 aromatic rings. The molecule has 2 aromatic heterocycles. The van der Waals surface area contributed by atoms with Crippen molar-refractivity contribution in [2.24, 2.45) is 5.73 Å². The number of hydrogen-bond donors (Lipinski definition) is 1. The van der Waals surface area contributed by atoms with E-state index in [1.54, 1.807) is 24.4 Å². The van der Waals surface area contributed by atoms with Crippen molar-refractivity contribution < 1.29 is 4.39 Å². The highest BCUT2D eigenvalue weighted by molar-refractivity contribution is 5.85. The maximum atomic E-state index is 13.9. The van der Waals surface area contributed by atoms with Crippen LogP contribution in [0.15, 0.2) is 36.5 Å². The van der Waals surface area contributed by atoms with Crippen molar-refractivity contribution in [2.45, 2.75) is 31.6 Å². The maximum Gasteiger partial charge on any atom is 0.207 e. The first-order valence-corrected chi connectivity index (χ1v) is 9.39. The van der Waals surface area contributed by atoms with Gasteiger partial charge in [-0.3, -0.25) is 4.98 Å². The minimum absolute atomic E-state index is 0. The van der Waals surface area contributed by atoms with Crippen LogP contribution in [0.5, 0.6) is 0 Å². The van der Waals surface area contributed by atoms with E-state index in [1.807, 2.05) is 28.5 Å². The fraction of sp³-hybridized carbons (Fsp3) is 0.333. The van der Waals surface area contributed by atoms with E-state index in [1.165, 1.54) is 0 Å². The Bertz CT molecular complexity index is 1130. The van der Waals surface area contributed by atoms with Gasteiger partial charge in [-0.15, -0.1) is 12.4 Å². The standard InChI is InChI=1S/C21H20FN7.ClH/c1-13(18-6-4-15(25-3)11-26-18)29-20-7-5-14(24-2)10-19(20)27-21(29)28-9-8-16(22)17(23)12-28;/h4-7,10-11,13,16-17H,8-9,12,23H2,1H3;1H/t13-,16-,17-;/m1./s1. The SMILES string of the molecule is Cl.[C-]#[N+]c1ccc([C@@H](C)n2c(N3CC[C@@H](F)[C@H](N)C3)nc3cc([N+]#[C-])ccc32)nc1. The zero-order chi connectivity index (χ0) is 20.5. The molecule has 1 aliphatic rings. The van der Waals surface area contributed by atoms with Crippen LogP contribution in [0.4, 0.5) is 21.7 Å². The number of rotatable bonds is 3. The van der Waals surface area contributed by atoms with Crippen LogP contribution in [-0.2, 0) is 0 Å². The molecule has 1 aliphatic heterocycles. The third-order valence-electron chi connectivity index (χ3n) is 5.35. The lowest BCUT2D eigenvalue weighted by Gasteiger charge is -2.34. The van der Waals surface area contributed by atoms with Crippen molar-refractivity contribution in [3.63, 3.8) is 0 Å². The second kappa shape index (κ2) is 8.66. The smallest absolute Gasteiger partial charge is 0.207 e. The Morgan fingerprint density at radius 1 is 1.20 bits per heavy atom. The largest absolute Gasteiger partial charge is 0.340 e. The predicted molar refractivity (Wildman–Crippen MR) is 117 cm³/mol. The molecule has 4 rings (SSSR count). The summed E-state index contributed by atoms with van der Waals surface area (Å²) in [5.41, 5.74) is 9.34. The van der Waals surface area contributed by atoms with E-state index in [-0.39, 0.29) is 18.4 Å². The van der Waals surface area contributed by atoms with Gasteiger partial charge in [-0.25, -0.2) is 19.1 Å². The molecule has 7 nitrogen and oxygen atoms in total. The average molecular weight is 426 g/mol. The topological polar surface area (TPSA) is 68.7 Å². The maximum absolute atomic E-state index is 13.9. The number of pyridine rings is 1. The monoisotopic (exact) mass is 425 g/mol. The normalized spacial score (nSPS) is 19.6. The molecule has 9 heteroatoms. The molecule has 154 valence electrons. The summed E-state index contributed by atoms with van der Waals surface area (Å²) >= 11 is 0. The molecule has 2 N–H and O–H groups in total. The van der Waals surface area contributed by atoms with Crippen molar-refractivity contribution >= 4 is 40.8 Å². The highest BCUT2D eigenvalue weighted by Crippen LogP contribution is 2.33. The number of imidazole rings is 1. The fourth-order valence-corrected chi connectivity index (χ4v) is 3.73. The van der Waals surface area contributed by atoms with Crippen LogP contribution in [0.25, 0.3) is 20.7 Å². The van der Waals surface area contributed by atoms with Crippen molar-refractivity contribution in [3.8, 4) is 0 Å². The molecule has 0 radical (unpaired) electrons. The Labute approximate surface area is 180 Å². The van der Waals surface area contributed by atoms with Crippen LogP contribution in [0, 0.1) is 13.1 Å². The molecule has 30 heavy (non-hydrogen) atoms. The Kier molecular flexibility index (Phi) is 6.21. The van der Waals surface area contributed by atoms with Gasteiger partial charge in [-0.05, 0) is 31.5 Å². The van der Waals surface area contributed by atoms with E-state index in [0.29, 0.717) is 42.4 Å². The van der Waals surface area contributed by atoms with Gasteiger partial charge in [0.2, 0.25) is 11.6 Å². The molecule has 0 unspecified atom stereocenters. The summed E-state index contributed by atoms with van der Waals surface area (Å²) in [5, 5.41) is 0. The second-order valence-electron chi connectivity index (χ2n) is 7.21. The zero-order valence-electron chi connectivity index (χ0n) is 16.4. The minimum Gasteiger partial charge on any atom is -0.340 e. The fourth-order valence-electron chi connectivity index (χ4n) is 3.73. The Morgan fingerprint density at radius 3 is 2.57 bits per heavy atom. The number of nitrogens with zero attached hydrogens (tertiary/aromatic N) is 6. The summed E-state index contributed by atoms with van der Waals surface area (Å²) in [6.45, 7) is 17.3. The van der Waals surface area contributed by atoms with E-state index in [9.17, 15) is 4.39 Å². The highest BCUT2D eigenvalue weighted by atomic mass is 35.5. The molecule has 0 spiro atoms. The molecule has 0 bridgehead atoms. The molecular weight excluding hydrogens is 405 g/mol. The number of nitrogens with two attached hydrogens (primary N) is 1. The average Bonchev–Trinajstić information content (AvgIpc) is 3.13. The van der Waals surface area contributed by atoms with Crippen LogP contribution < -0.4 is 10.6 Å². The van der Waals surface area contributed by atoms with Gasteiger partial charge in [0.05, 0.1) is 42.0 Å².